The van der Waals surface area contributed by atoms with E-state index in [-0.39, 0.29) is 5.69 Å². The zero-order valence-corrected chi connectivity index (χ0v) is 14.2. The lowest BCUT2D eigenvalue weighted by Crippen LogP contribution is -2.17. The van der Waals surface area contributed by atoms with Gasteiger partial charge in [0, 0.05) is 17.5 Å². The van der Waals surface area contributed by atoms with Gasteiger partial charge in [-0.25, -0.2) is 14.5 Å². The molecule has 0 aliphatic carbocycles. The predicted molar refractivity (Wildman–Crippen MR) is 97.2 cm³/mol. The maximum absolute atomic E-state index is 12.4. The first-order valence-electron chi connectivity index (χ1n) is 8.30. The van der Waals surface area contributed by atoms with E-state index in [4.69, 9.17) is 0 Å². The Morgan fingerprint density at radius 2 is 1.76 bits per heavy atom. The molecule has 2 N–H and O–H groups in total. The molecule has 0 fully saturated rings. The molecule has 2 heterocycles. The van der Waals surface area contributed by atoms with Crippen LogP contribution in [0.25, 0.3) is 16.5 Å². The average molecular weight is 333 g/mol. The number of aryl methyl sites for hydroxylation is 3. The van der Waals surface area contributed by atoms with Gasteiger partial charge in [-0.2, -0.15) is 10.2 Å². The third-order valence-electron chi connectivity index (χ3n) is 4.63. The Labute approximate surface area is 144 Å². The molecule has 0 aliphatic heterocycles. The van der Waals surface area contributed by atoms with Gasteiger partial charge in [-0.1, -0.05) is 36.4 Å². The van der Waals surface area contributed by atoms with Crippen LogP contribution in [0.4, 0.5) is 0 Å². The van der Waals surface area contributed by atoms with Crippen molar-refractivity contribution < 1.29 is 0 Å². The molecule has 4 rings (SSSR count). The zero-order chi connectivity index (χ0) is 17.4. The van der Waals surface area contributed by atoms with Crippen LogP contribution in [0.1, 0.15) is 22.8 Å². The second-order valence-corrected chi connectivity index (χ2v) is 6.19. The molecule has 0 atom stereocenters. The van der Waals surface area contributed by atoms with E-state index in [0.717, 1.165) is 40.1 Å². The van der Waals surface area contributed by atoms with Crippen molar-refractivity contribution in [3.63, 3.8) is 0 Å². The Kier molecular flexibility index (Phi) is 3.72. The summed E-state index contributed by atoms with van der Waals surface area (Å²) in [5.74, 6) is 0.723. The van der Waals surface area contributed by atoms with E-state index < -0.39 is 0 Å². The zero-order valence-electron chi connectivity index (χ0n) is 14.2. The van der Waals surface area contributed by atoms with Crippen molar-refractivity contribution >= 4 is 10.8 Å². The third-order valence-corrected chi connectivity index (χ3v) is 4.63. The van der Waals surface area contributed by atoms with Crippen LogP contribution in [0.5, 0.6) is 0 Å². The normalized spacial score (nSPS) is 11.3. The van der Waals surface area contributed by atoms with E-state index >= 15 is 0 Å². The predicted octanol–water partition coefficient (Wildman–Crippen LogP) is 2.84. The molecule has 6 heteroatoms. The number of nitrogens with zero attached hydrogens (tertiary/aromatic N) is 3. The number of hydrogen-bond donors (Lipinski definition) is 2. The highest BCUT2D eigenvalue weighted by Gasteiger charge is 2.14. The molecule has 0 spiro atoms. The molecule has 0 unspecified atom stereocenters. The highest BCUT2D eigenvalue weighted by Crippen LogP contribution is 2.22. The maximum atomic E-state index is 12.4. The first-order chi connectivity index (χ1) is 12.1. The number of rotatable bonds is 4. The summed E-state index contributed by atoms with van der Waals surface area (Å²) in [6.07, 6.45) is 1.44. The molecule has 126 valence electrons. The fourth-order valence-corrected chi connectivity index (χ4v) is 3.33. The largest absolute Gasteiger partial charge is 0.347 e. The lowest BCUT2D eigenvalue weighted by atomic mass is 10.1. The first kappa shape index (κ1) is 15.4. The van der Waals surface area contributed by atoms with Crippen molar-refractivity contribution in [2.24, 2.45) is 0 Å². The molecule has 0 radical (unpaired) electrons. The minimum atomic E-state index is -0.216. The Balaban J connectivity index is 1.76. The summed E-state index contributed by atoms with van der Waals surface area (Å²) < 4.78 is 1.67. The molecule has 0 aliphatic rings. The van der Waals surface area contributed by atoms with Gasteiger partial charge in [0.15, 0.2) is 0 Å². The lowest BCUT2D eigenvalue weighted by Gasteiger charge is -2.09. The third kappa shape index (κ3) is 2.65. The molecule has 4 aromatic rings. The number of aromatic nitrogens is 5. The minimum Gasteiger partial charge on any atom is -0.282 e. The molecule has 2 aromatic heterocycles. The van der Waals surface area contributed by atoms with Crippen LogP contribution in [0.3, 0.4) is 0 Å². The summed E-state index contributed by atoms with van der Waals surface area (Å²) in [6.45, 7) is 4.00. The Morgan fingerprint density at radius 3 is 2.56 bits per heavy atom. The highest BCUT2D eigenvalue weighted by molar-refractivity contribution is 5.90. The summed E-state index contributed by atoms with van der Waals surface area (Å²) >= 11 is 0. The van der Waals surface area contributed by atoms with Crippen LogP contribution in [0.15, 0.2) is 47.3 Å². The maximum Gasteiger partial charge on any atom is 0.347 e. The van der Waals surface area contributed by atoms with Gasteiger partial charge in [0.25, 0.3) is 0 Å². The van der Waals surface area contributed by atoms with Crippen LogP contribution in [0.2, 0.25) is 0 Å². The van der Waals surface area contributed by atoms with E-state index in [9.17, 15) is 4.79 Å². The number of nitrogens with one attached hydrogen (secondary N) is 2. The van der Waals surface area contributed by atoms with Crippen molar-refractivity contribution in [3.8, 4) is 5.69 Å². The fourth-order valence-electron chi connectivity index (χ4n) is 3.33. The quantitative estimate of drug-likeness (QED) is 0.603. The van der Waals surface area contributed by atoms with Gasteiger partial charge < -0.3 is 0 Å². The molecule has 0 saturated heterocycles. The number of H-pyrrole nitrogens is 2. The van der Waals surface area contributed by atoms with Crippen molar-refractivity contribution in [2.75, 3.05) is 0 Å². The molecule has 6 nitrogen and oxygen atoms in total. The van der Waals surface area contributed by atoms with Crippen LogP contribution in [-0.4, -0.2) is 25.0 Å². The standard InChI is InChI=1S/C19H19N5O/c1-12-15(13(2)21-20-12)10-11-18-22-23-19(25)24(18)17-9-5-7-14-6-3-4-8-16(14)17/h3-9H,10-11H2,1-2H3,(H,20,21)(H,23,25). The molecular formula is C19H19N5O. The average Bonchev–Trinajstić information content (AvgIpc) is 3.15. The summed E-state index contributed by atoms with van der Waals surface area (Å²) in [6, 6.07) is 14.0. The first-order valence-corrected chi connectivity index (χ1v) is 8.30. The fraction of sp³-hybridized carbons (Fsp3) is 0.211. The SMILES string of the molecule is Cc1n[nH]c(C)c1CCc1n[nH]c(=O)n1-c1cccc2ccccc12. The van der Waals surface area contributed by atoms with Gasteiger partial charge in [-0.15, -0.1) is 0 Å². The topological polar surface area (TPSA) is 79.4 Å². The Morgan fingerprint density at radius 1 is 0.960 bits per heavy atom. The molecule has 25 heavy (non-hydrogen) atoms. The number of aromatic amines is 2. The second kappa shape index (κ2) is 6.05. The van der Waals surface area contributed by atoms with Gasteiger partial charge in [-0.3, -0.25) is 5.10 Å². The monoisotopic (exact) mass is 333 g/mol. The summed E-state index contributed by atoms with van der Waals surface area (Å²) in [5, 5.41) is 16.2. The number of fused-ring (bicyclic) bond motifs is 1. The van der Waals surface area contributed by atoms with Crippen molar-refractivity contribution in [2.45, 2.75) is 26.7 Å². The van der Waals surface area contributed by atoms with E-state index in [1.165, 1.54) is 5.56 Å². The van der Waals surface area contributed by atoms with Gasteiger partial charge in [0.2, 0.25) is 0 Å². The van der Waals surface area contributed by atoms with E-state index in [1.54, 1.807) is 4.57 Å². The molecular weight excluding hydrogens is 314 g/mol. The van der Waals surface area contributed by atoms with E-state index in [0.29, 0.717) is 6.42 Å². The number of hydrogen-bond acceptors (Lipinski definition) is 3. The highest BCUT2D eigenvalue weighted by atomic mass is 16.1. The number of benzene rings is 2. The van der Waals surface area contributed by atoms with Crippen LogP contribution < -0.4 is 5.69 Å². The lowest BCUT2D eigenvalue weighted by molar-refractivity contribution is 0.812. The van der Waals surface area contributed by atoms with Crippen molar-refractivity contribution in [3.05, 3.63) is 75.7 Å². The van der Waals surface area contributed by atoms with Crippen LogP contribution >= 0.6 is 0 Å². The van der Waals surface area contributed by atoms with Crippen LogP contribution in [-0.2, 0) is 12.8 Å². The van der Waals surface area contributed by atoms with Gasteiger partial charge in [0.05, 0.1) is 11.4 Å². The second-order valence-electron chi connectivity index (χ2n) is 6.19. The molecule has 2 aromatic carbocycles. The van der Waals surface area contributed by atoms with E-state index in [1.807, 2.05) is 56.3 Å². The van der Waals surface area contributed by atoms with Gasteiger partial charge in [0.1, 0.15) is 5.82 Å². The van der Waals surface area contributed by atoms with Crippen molar-refractivity contribution in [1.29, 1.82) is 0 Å². The summed E-state index contributed by atoms with van der Waals surface area (Å²) in [7, 11) is 0. The van der Waals surface area contributed by atoms with E-state index in [2.05, 4.69) is 20.4 Å². The van der Waals surface area contributed by atoms with Gasteiger partial charge >= 0.3 is 5.69 Å². The smallest absolute Gasteiger partial charge is 0.282 e. The minimum absolute atomic E-state index is 0.216. The van der Waals surface area contributed by atoms with Crippen molar-refractivity contribution in [1.82, 2.24) is 25.0 Å². The summed E-state index contributed by atoms with van der Waals surface area (Å²) in [4.78, 5) is 12.4. The summed E-state index contributed by atoms with van der Waals surface area (Å²) in [5.41, 5.74) is 3.87. The Hall–Kier alpha value is -3.15. The van der Waals surface area contributed by atoms with Crippen LogP contribution in [0, 0.1) is 13.8 Å². The molecule has 0 saturated carbocycles. The molecule has 0 bridgehead atoms. The van der Waals surface area contributed by atoms with Gasteiger partial charge in [-0.05, 0) is 37.3 Å². The molecule has 0 amide bonds. The Bertz CT molecular complexity index is 1080.